The molecular formula is C12H17N3O2. The Bertz CT molecular complexity index is 414. The van der Waals surface area contributed by atoms with Crippen molar-refractivity contribution in [1.82, 2.24) is 9.99 Å². The fraction of sp³-hybridized carbons (Fsp3) is 0.500. The minimum absolute atomic E-state index is 0.262. The Morgan fingerprint density at radius 2 is 2.12 bits per heavy atom. The number of hydrazine groups is 1. The molecule has 2 N–H and O–H groups in total. The van der Waals surface area contributed by atoms with Crippen LogP contribution in [0.4, 0.5) is 5.82 Å². The number of carboxylic acids is 1. The molecule has 5 nitrogen and oxygen atoms in total. The number of hydrogen-bond acceptors (Lipinski definition) is 4. The lowest BCUT2D eigenvalue weighted by atomic mass is 10.1. The topological polar surface area (TPSA) is 65.5 Å². The maximum Gasteiger partial charge on any atom is 0.339 e. The molecule has 0 unspecified atom stereocenters. The summed E-state index contributed by atoms with van der Waals surface area (Å²) in [6.45, 7) is 3.66. The maximum atomic E-state index is 11.2. The maximum absolute atomic E-state index is 11.2. The number of nitrogens with one attached hydrogen (secondary N) is 1. The van der Waals surface area contributed by atoms with Gasteiger partial charge in [-0.1, -0.05) is 6.42 Å². The Balaban J connectivity index is 2.19. The lowest BCUT2D eigenvalue weighted by molar-refractivity contribution is 0.0696. The van der Waals surface area contributed by atoms with Gasteiger partial charge in [0, 0.05) is 19.3 Å². The Morgan fingerprint density at radius 3 is 2.76 bits per heavy atom. The highest BCUT2D eigenvalue weighted by Crippen LogP contribution is 2.18. The molecule has 1 aliphatic heterocycles. The summed E-state index contributed by atoms with van der Waals surface area (Å²) in [7, 11) is 0. The molecular weight excluding hydrogens is 218 g/mol. The molecule has 1 aromatic rings. The van der Waals surface area contributed by atoms with Gasteiger partial charge in [0.2, 0.25) is 0 Å². The van der Waals surface area contributed by atoms with Crippen molar-refractivity contribution < 1.29 is 9.90 Å². The van der Waals surface area contributed by atoms with E-state index in [0.717, 1.165) is 31.5 Å². The molecule has 92 valence electrons. The highest BCUT2D eigenvalue weighted by Gasteiger charge is 2.17. The fourth-order valence-electron chi connectivity index (χ4n) is 2.07. The number of piperidine rings is 1. The number of pyridine rings is 1. The zero-order chi connectivity index (χ0) is 12.3. The van der Waals surface area contributed by atoms with E-state index in [0.29, 0.717) is 5.82 Å². The SMILES string of the molecule is Cc1ccnc(NN2CCCCC2)c1C(=O)O. The zero-order valence-corrected chi connectivity index (χ0v) is 9.94. The number of rotatable bonds is 3. The van der Waals surface area contributed by atoms with Gasteiger partial charge in [-0.15, -0.1) is 0 Å². The van der Waals surface area contributed by atoms with Gasteiger partial charge < -0.3 is 10.5 Å². The molecule has 0 aliphatic carbocycles. The van der Waals surface area contributed by atoms with Crippen LogP contribution in [0.1, 0.15) is 35.2 Å². The Hall–Kier alpha value is -1.62. The van der Waals surface area contributed by atoms with E-state index >= 15 is 0 Å². The summed E-state index contributed by atoms with van der Waals surface area (Å²) in [6.07, 6.45) is 5.15. The van der Waals surface area contributed by atoms with Crippen molar-refractivity contribution >= 4 is 11.8 Å². The Morgan fingerprint density at radius 1 is 1.41 bits per heavy atom. The Kier molecular flexibility index (Phi) is 3.58. The van der Waals surface area contributed by atoms with Gasteiger partial charge in [0.25, 0.3) is 0 Å². The van der Waals surface area contributed by atoms with E-state index in [1.54, 1.807) is 19.2 Å². The molecule has 2 rings (SSSR count). The lowest BCUT2D eigenvalue weighted by Crippen LogP contribution is -2.35. The molecule has 1 saturated heterocycles. The van der Waals surface area contributed by atoms with Crippen molar-refractivity contribution in [3.8, 4) is 0 Å². The summed E-state index contributed by atoms with van der Waals surface area (Å²) >= 11 is 0. The number of hydrogen-bond donors (Lipinski definition) is 2. The van der Waals surface area contributed by atoms with Crippen LogP contribution < -0.4 is 5.43 Å². The van der Waals surface area contributed by atoms with Gasteiger partial charge in [-0.05, 0) is 31.4 Å². The molecule has 0 atom stereocenters. The van der Waals surface area contributed by atoms with Crippen LogP contribution in [0.2, 0.25) is 0 Å². The Labute approximate surface area is 100 Å². The zero-order valence-electron chi connectivity index (χ0n) is 9.94. The van der Waals surface area contributed by atoms with Gasteiger partial charge in [-0.2, -0.15) is 0 Å². The number of aromatic nitrogens is 1. The normalized spacial score (nSPS) is 16.8. The van der Waals surface area contributed by atoms with Crippen LogP contribution in [-0.2, 0) is 0 Å². The lowest BCUT2D eigenvalue weighted by Gasteiger charge is -2.28. The molecule has 1 aromatic heterocycles. The molecule has 0 saturated carbocycles. The second kappa shape index (κ2) is 5.14. The average Bonchev–Trinajstić information content (AvgIpc) is 2.30. The van der Waals surface area contributed by atoms with Crippen LogP contribution >= 0.6 is 0 Å². The molecule has 0 radical (unpaired) electrons. The molecule has 5 heteroatoms. The molecule has 2 heterocycles. The quantitative estimate of drug-likeness (QED) is 0.837. The third-order valence-corrected chi connectivity index (χ3v) is 2.99. The van der Waals surface area contributed by atoms with Crippen molar-refractivity contribution in [2.75, 3.05) is 18.5 Å². The van der Waals surface area contributed by atoms with E-state index in [1.165, 1.54) is 6.42 Å². The van der Waals surface area contributed by atoms with Crippen LogP contribution in [0.25, 0.3) is 0 Å². The number of nitrogens with zero attached hydrogens (tertiary/aromatic N) is 2. The summed E-state index contributed by atoms with van der Waals surface area (Å²) in [5.41, 5.74) is 4.10. The van der Waals surface area contributed by atoms with Gasteiger partial charge in [0.15, 0.2) is 5.82 Å². The summed E-state index contributed by atoms with van der Waals surface area (Å²) in [5, 5.41) is 11.2. The molecule has 17 heavy (non-hydrogen) atoms. The van der Waals surface area contributed by atoms with Gasteiger partial charge in [-0.3, -0.25) is 0 Å². The van der Waals surface area contributed by atoms with E-state index < -0.39 is 5.97 Å². The third kappa shape index (κ3) is 2.74. The number of aromatic carboxylic acids is 1. The average molecular weight is 235 g/mol. The number of carbonyl (C=O) groups is 1. The first-order chi connectivity index (χ1) is 8.18. The van der Waals surface area contributed by atoms with Crippen LogP contribution in [0, 0.1) is 6.92 Å². The van der Waals surface area contributed by atoms with Gasteiger partial charge in [0.05, 0.1) is 0 Å². The molecule has 0 spiro atoms. The standard InChI is InChI=1S/C12H17N3O2/c1-9-5-6-13-11(10(9)12(16)17)14-15-7-3-2-4-8-15/h5-6H,2-4,7-8H2,1H3,(H,13,14)(H,16,17). The summed E-state index contributed by atoms with van der Waals surface area (Å²) in [6, 6.07) is 1.71. The van der Waals surface area contributed by atoms with Crippen molar-refractivity contribution in [3.63, 3.8) is 0 Å². The highest BCUT2D eigenvalue weighted by atomic mass is 16.4. The van der Waals surface area contributed by atoms with Crippen LogP contribution in [-0.4, -0.2) is 34.2 Å². The molecule has 0 bridgehead atoms. The first kappa shape index (κ1) is 11.9. The van der Waals surface area contributed by atoms with E-state index in [2.05, 4.69) is 10.4 Å². The third-order valence-electron chi connectivity index (χ3n) is 2.99. The minimum atomic E-state index is -0.935. The van der Waals surface area contributed by atoms with Crippen molar-refractivity contribution in [2.45, 2.75) is 26.2 Å². The number of aryl methyl sites for hydroxylation is 1. The predicted molar refractivity (Wildman–Crippen MR) is 65.0 cm³/mol. The number of carboxylic acid groups (broad SMARTS) is 1. The summed E-state index contributed by atoms with van der Waals surface area (Å²) in [4.78, 5) is 15.3. The monoisotopic (exact) mass is 235 g/mol. The number of anilines is 1. The van der Waals surface area contributed by atoms with Crippen LogP contribution in [0.15, 0.2) is 12.3 Å². The first-order valence-corrected chi connectivity index (χ1v) is 5.89. The van der Waals surface area contributed by atoms with Crippen molar-refractivity contribution in [1.29, 1.82) is 0 Å². The predicted octanol–water partition coefficient (Wildman–Crippen LogP) is 1.90. The largest absolute Gasteiger partial charge is 0.478 e. The van der Waals surface area contributed by atoms with Crippen molar-refractivity contribution in [2.24, 2.45) is 0 Å². The van der Waals surface area contributed by atoms with Crippen molar-refractivity contribution in [3.05, 3.63) is 23.4 Å². The van der Waals surface area contributed by atoms with Gasteiger partial charge >= 0.3 is 5.97 Å². The second-order valence-corrected chi connectivity index (χ2v) is 4.32. The highest BCUT2D eigenvalue weighted by molar-refractivity contribution is 5.94. The molecule has 1 aliphatic rings. The van der Waals surface area contributed by atoms with E-state index in [9.17, 15) is 9.90 Å². The molecule has 0 amide bonds. The van der Waals surface area contributed by atoms with E-state index in [1.807, 2.05) is 5.01 Å². The minimum Gasteiger partial charge on any atom is -0.478 e. The van der Waals surface area contributed by atoms with Gasteiger partial charge in [0.1, 0.15) is 5.56 Å². The van der Waals surface area contributed by atoms with Gasteiger partial charge in [-0.25, -0.2) is 14.8 Å². The van der Waals surface area contributed by atoms with Crippen LogP contribution in [0.3, 0.4) is 0 Å². The molecule has 0 aromatic carbocycles. The fourth-order valence-corrected chi connectivity index (χ4v) is 2.07. The molecule has 1 fully saturated rings. The van der Waals surface area contributed by atoms with E-state index in [4.69, 9.17) is 0 Å². The first-order valence-electron chi connectivity index (χ1n) is 5.89. The summed E-state index contributed by atoms with van der Waals surface area (Å²) in [5.74, 6) is -0.491. The summed E-state index contributed by atoms with van der Waals surface area (Å²) < 4.78 is 0. The smallest absolute Gasteiger partial charge is 0.339 e. The van der Waals surface area contributed by atoms with Crippen LogP contribution in [0.5, 0.6) is 0 Å². The second-order valence-electron chi connectivity index (χ2n) is 4.32. The van der Waals surface area contributed by atoms with E-state index in [-0.39, 0.29) is 5.56 Å².